The molecule has 1 aliphatic carbocycles. The first-order valence-corrected chi connectivity index (χ1v) is 8.11. The number of carboxylic acids is 1. The third-order valence-corrected chi connectivity index (χ3v) is 4.87. The van der Waals surface area contributed by atoms with Gasteiger partial charge in [0, 0.05) is 17.4 Å². The Balaban J connectivity index is 2.29. The van der Waals surface area contributed by atoms with Crippen LogP contribution in [0.5, 0.6) is 0 Å². The van der Waals surface area contributed by atoms with E-state index in [2.05, 4.69) is 11.6 Å². The standard InChI is InChI=1S/C14H18N2O4S/c1-21-10-5-2-4-9(8-10)15-13-11(14(17)18)6-3-7-12(13)16(19)20/h3,6-7,9-10,15H,2,4-5,8H2,1H3,(H,17,18). The summed E-state index contributed by atoms with van der Waals surface area (Å²) in [4.78, 5) is 21.9. The van der Waals surface area contributed by atoms with Crippen LogP contribution in [0, 0.1) is 10.1 Å². The second-order valence-corrected chi connectivity index (χ2v) is 6.27. The molecule has 114 valence electrons. The van der Waals surface area contributed by atoms with Crippen molar-refractivity contribution in [3.05, 3.63) is 33.9 Å². The van der Waals surface area contributed by atoms with Crippen LogP contribution in [0.25, 0.3) is 0 Å². The Morgan fingerprint density at radius 2 is 2.24 bits per heavy atom. The Morgan fingerprint density at radius 3 is 2.86 bits per heavy atom. The Labute approximate surface area is 127 Å². The zero-order valence-corrected chi connectivity index (χ0v) is 12.6. The van der Waals surface area contributed by atoms with E-state index in [0.29, 0.717) is 5.25 Å². The summed E-state index contributed by atoms with van der Waals surface area (Å²) < 4.78 is 0. The quantitative estimate of drug-likeness (QED) is 0.640. The molecule has 2 rings (SSSR count). The van der Waals surface area contributed by atoms with E-state index < -0.39 is 10.9 Å². The van der Waals surface area contributed by atoms with E-state index in [1.165, 1.54) is 18.2 Å². The summed E-state index contributed by atoms with van der Waals surface area (Å²) in [6.45, 7) is 0. The molecule has 7 heteroatoms. The van der Waals surface area contributed by atoms with Crippen molar-refractivity contribution < 1.29 is 14.8 Å². The molecular formula is C14H18N2O4S. The number of carbonyl (C=O) groups is 1. The highest BCUT2D eigenvalue weighted by Crippen LogP contribution is 2.33. The highest BCUT2D eigenvalue weighted by molar-refractivity contribution is 7.99. The van der Waals surface area contributed by atoms with Crippen molar-refractivity contribution in [2.75, 3.05) is 11.6 Å². The Hall–Kier alpha value is -1.76. The van der Waals surface area contributed by atoms with E-state index in [4.69, 9.17) is 0 Å². The zero-order chi connectivity index (χ0) is 15.4. The molecule has 0 spiro atoms. The van der Waals surface area contributed by atoms with E-state index in [9.17, 15) is 20.0 Å². The maximum atomic E-state index is 11.3. The third kappa shape index (κ3) is 3.66. The lowest BCUT2D eigenvalue weighted by molar-refractivity contribution is -0.384. The minimum Gasteiger partial charge on any atom is -0.478 e. The number of nitro groups is 1. The van der Waals surface area contributed by atoms with Gasteiger partial charge in [0.05, 0.1) is 10.5 Å². The third-order valence-electron chi connectivity index (χ3n) is 3.78. The van der Waals surface area contributed by atoms with Crippen LogP contribution in [0.3, 0.4) is 0 Å². The number of benzene rings is 1. The minimum absolute atomic E-state index is 0.0459. The average Bonchev–Trinajstić information content (AvgIpc) is 2.47. The second kappa shape index (κ2) is 6.80. The molecule has 21 heavy (non-hydrogen) atoms. The van der Waals surface area contributed by atoms with Crippen LogP contribution < -0.4 is 5.32 Å². The van der Waals surface area contributed by atoms with Crippen molar-refractivity contribution in [1.29, 1.82) is 0 Å². The summed E-state index contributed by atoms with van der Waals surface area (Å²) in [7, 11) is 0. The number of hydrogen-bond acceptors (Lipinski definition) is 5. The Morgan fingerprint density at radius 1 is 1.48 bits per heavy atom. The van der Waals surface area contributed by atoms with Gasteiger partial charge in [0.25, 0.3) is 5.69 Å². The fraction of sp³-hybridized carbons (Fsp3) is 0.500. The number of nitrogens with zero attached hydrogens (tertiary/aromatic N) is 1. The van der Waals surface area contributed by atoms with E-state index in [0.717, 1.165) is 25.7 Å². The topological polar surface area (TPSA) is 92.5 Å². The van der Waals surface area contributed by atoms with Crippen LogP contribution in [-0.4, -0.2) is 33.5 Å². The van der Waals surface area contributed by atoms with Crippen LogP contribution in [0.1, 0.15) is 36.0 Å². The molecule has 6 nitrogen and oxygen atoms in total. The van der Waals surface area contributed by atoms with Gasteiger partial charge in [0.2, 0.25) is 0 Å². The molecule has 0 aliphatic heterocycles. The van der Waals surface area contributed by atoms with Gasteiger partial charge in [-0.05, 0) is 31.6 Å². The number of nitrogens with one attached hydrogen (secondary N) is 1. The zero-order valence-electron chi connectivity index (χ0n) is 11.7. The van der Waals surface area contributed by atoms with Gasteiger partial charge in [-0.3, -0.25) is 10.1 Å². The summed E-state index contributed by atoms with van der Waals surface area (Å²) in [5, 5.41) is 24.0. The molecule has 0 bridgehead atoms. The number of para-hydroxylation sites is 1. The predicted octanol–water partition coefficient (Wildman–Crippen LogP) is 3.38. The normalized spacial score (nSPS) is 21.8. The molecule has 1 aromatic rings. The van der Waals surface area contributed by atoms with E-state index >= 15 is 0 Å². The van der Waals surface area contributed by atoms with Crippen molar-refractivity contribution in [3.63, 3.8) is 0 Å². The van der Waals surface area contributed by atoms with Gasteiger partial charge in [-0.15, -0.1) is 0 Å². The molecule has 1 aromatic carbocycles. The molecule has 0 aromatic heterocycles. The molecule has 2 N–H and O–H groups in total. The fourth-order valence-electron chi connectivity index (χ4n) is 2.72. The van der Waals surface area contributed by atoms with Crippen LogP contribution >= 0.6 is 11.8 Å². The van der Waals surface area contributed by atoms with Gasteiger partial charge in [-0.1, -0.05) is 12.5 Å². The lowest BCUT2D eigenvalue weighted by atomic mass is 9.94. The van der Waals surface area contributed by atoms with Gasteiger partial charge in [0.1, 0.15) is 5.69 Å². The van der Waals surface area contributed by atoms with Crippen molar-refractivity contribution in [3.8, 4) is 0 Å². The van der Waals surface area contributed by atoms with Crippen LogP contribution in [-0.2, 0) is 0 Å². The van der Waals surface area contributed by atoms with Crippen LogP contribution in [0.4, 0.5) is 11.4 Å². The number of carboxylic acid groups (broad SMARTS) is 1. The van der Waals surface area contributed by atoms with Crippen LogP contribution in [0.2, 0.25) is 0 Å². The molecule has 0 heterocycles. The van der Waals surface area contributed by atoms with Gasteiger partial charge in [0.15, 0.2) is 0 Å². The molecule has 1 saturated carbocycles. The molecule has 2 unspecified atom stereocenters. The van der Waals surface area contributed by atoms with Crippen molar-refractivity contribution in [2.45, 2.75) is 37.0 Å². The predicted molar refractivity (Wildman–Crippen MR) is 83.2 cm³/mol. The molecular weight excluding hydrogens is 292 g/mol. The maximum Gasteiger partial charge on any atom is 0.338 e. The molecule has 0 amide bonds. The van der Waals surface area contributed by atoms with Crippen LogP contribution in [0.15, 0.2) is 18.2 Å². The van der Waals surface area contributed by atoms with Gasteiger partial charge in [-0.2, -0.15) is 11.8 Å². The molecule has 2 atom stereocenters. The molecule has 0 radical (unpaired) electrons. The number of aromatic carboxylic acids is 1. The van der Waals surface area contributed by atoms with Crippen molar-refractivity contribution in [2.24, 2.45) is 0 Å². The Kier molecular flexibility index (Phi) is 5.06. The first-order chi connectivity index (χ1) is 10.0. The molecule has 1 aliphatic rings. The largest absolute Gasteiger partial charge is 0.478 e. The van der Waals surface area contributed by atoms with E-state index in [1.807, 2.05) is 0 Å². The molecule has 0 saturated heterocycles. The first kappa shape index (κ1) is 15.6. The summed E-state index contributed by atoms with van der Waals surface area (Å²) in [5.41, 5.74) is -0.0987. The monoisotopic (exact) mass is 310 g/mol. The minimum atomic E-state index is -1.15. The summed E-state index contributed by atoms with van der Waals surface area (Å²) >= 11 is 1.79. The number of rotatable bonds is 5. The van der Waals surface area contributed by atoms with Gasteiger partial charge >= 0.3 is 5.97 Å². The SMILES string of the molecule is CSC1CCCC(Nc2c(C(=O)O)cccc2[N+](=O)[O-])C1. The lowest BCUT2D eigenvalue weighted by Crippen LogP contribution is -2.29. The van der Waals surface area contributed by atoms with Gasteiger partial charge in [-0.25, -0.2) is 4.79 Å². The smallest absolute Gasteiger partial charge is 0.338 e. The lowest BCUT2D eigenvalue weighted by Gasteiger charge is -2.29. The highest BCUT2D eigenvalue weighted by Gasteiger charge is 2.27. The number of anilines is 1. The molecule has 1 fully saturated rings. The summed E-state index contributed by atoms with van der Waals surface area (Å²) in [6, 6.07) is 4.21. The number of nitro benzene ring substituents is 1. The van der Waals surface area contributed by atoms with Crippen molar-refractivity contribution in [1.82, 2.24) is 0 Å². The Bertz CT molecular complexity index is 518. The average molecular weight is 310 g/mol. The maximum absolute atomic E-state index is 11.3. The number of thioether (sulfide) groups is 1. The highest BCUT2D eigenvalue weighted by atomic mass is 32.2. The van der Waals surface area contributed by atoms with Gasteiger partial charge < -0.3 is 10.4 Å². The van der Waals surface area contributed by atoms with E-state index in [-0.39, 0.29) is 23.0 Å². The summed E-state index contributed by atoms with van der Waals surface area (Å²) in [5.74, 6) is -1.15. The second-order valence-electron chi connectivity index (χ2n) is 5.13. The van der Waals surface area contributed by atoms with E-state index in [1.54, 1.807) is 11.8 Å². The number of hydrogen-bond donors (Lipinski definition) is 2. The summed E-state index contributed by atoms with van der Waals surface area (Å²) in [6.07, 6.45) is 6.05. The first-order valence-electron chi connectivity index (χ1n) is 6.83. The van der Waals surface area contributed by atoms with Crippen molar-refractivity contribution >= 4 is 29.1 Å². The fourth-order valence-corrected chi connectivity index (χ4v) is 3.54.